The molecular formula is C16H24FNO. The van der Waals surface area contributed by atoms with Crippen LogP contribution in [0.2, 0.25) is 0 Å². The van der Waals surface area contributed by atoms with Gasteiger partial charge in [-0.05, 0) is 56.3 Å². The average Bonchev–Trinajstić information content (AvgIpc) is 2.92. The molecule has 1 aliphatic heterocycles. The maximum absolute atomic E-state index is 13.0. The van der Waals surface area contributed by atoms with Crippen molar-refractivity contribution < 1.29 is 9.13 Å². The predicted octanol–water partition coefficient (Wildman–Crippen LogP) is 3.48. The third-order valence-corrected chi connectivity index (χ3v) is 3.89. The molecule has 1 aliphatic rings. The van der Waals surface area contributed by atoms with Gasteiger partial charge in [-0.3, -0.25) is 0 Å². The first-order valence-corrected chi connectivity index (χ1v) is 7.31. The smallest absolute Gasteiger partial charge is 0.123 e. The molecule has 1 saturated heterocycles. The molecule has 3 heteroatoms. The van der Waals surface area contributed by atoms with Gasteiger partial charge in [0.2, 0.25) is 0 Å². The van der Waals surface area contributed by atoms with E-state index in [0.29, 0.717) is 12.0 Å². The topological polar surface area (TPSA) is 21.3 Å². The highest BCUT2D eigenvalue weighted by Crippen LogP contribution is 2.24. The van der Waals surface area contributed by atoms with Crippen LogP contribution in [-0.4, -0.2) is 26.3 Å². The molecule has 0 aliphatic carbocycles. The van der Waals surface area contributed by atoms with Gasteiger partial charge in [-0.15, -0.1) is 0 Å². The Hall–Kier alpha value is -0.930. The second-order valence-electron chi connectivity index (χ2n) is 5.37. The summed E-state index contributed by atoms with van der Waals surface area (Å²) in [4.78, 5) is 0. The number of hydrogen-bond acceptors (Lipinski definition) is 2. The number of ether oxygens (including phenoxy) is 1. The van der Waals surface area contributed by atoms with E-state index in [0.717, 1.165) is 26.0 Å². The zero-order valence-corrected chi connectivity index (χ0v) is 11.7. The number of likely N-dealkylation sites (N-methyl/N-ethyl adjacent to an activating group) is 1. The lowest BCUT2D eigenvalue weighted by atomic mass is 9.92. The van der Waals surface area contributed by atoms with Gasteiger partial charge in [0.1, 0.15) is 5.82 Å². The summed E-state index contributed by atoms with van der Waals surface area (Å²) in [5.41, 5.74) is 1.23. The van der Waals surface area contributed by atoms with Crippen LogP contribution in [0.15, 0.2) is 24.3 Å². The van der Waals surface area contributed by atoms with Crippen LogP contribution in [-0.2, 0) is 4.74 Å². The molecule has 0 amide bonds. The van der Waals surface area contributed by atoms with E-state index in [4.69, 9.17) is 4.74 Å². The van der Waals surface area contributed by atoms with Gasteiger partial charge in [0.05, 0.1) is 6.10 Å². The van der Waals surface area contributed by atoms with E-state index in [1.54, 1.807) is 12.1 Å². The first-order valence-electron chi connectivity index (χ1n) is 7.31. The Bertz CT molecular complexity index is 360. The van der Waals surface area contributed by atoms with Gasteiger partial charge in [-0.2, -0.15) is 0 Å². The summed E-state index contributed by atoms with van der Waals surface area (Å²) in [6, 6.07) is 6.92. The van der Waals surface area contributed by atoms with Gasteiger partial charge in [0.25, 0.3) is 0 Å². The number of benzene rings is 1. The van der Waals surface area contributed by atoms with E-state index in [2.05, 4.69) is 5.32 Å². The second kappa shape index (κ2) is 7.61. The van der Waals surface area contributed by atoms with Gasteiger partial charge in [-0.1, -0.05) is 18.6 Å². The van der Waals surface area contributed by atoms with Crippen molar-refractivity contribution >= 4 is 0 Å². The average molecular weight is 265 g/mol. The number of nitrogens with one attached hydrogen (secondary N) is 1. The molecule has 2 nitrogen and oxygen atoms in total. The Morgan fingerprint density at radius 3 is 2.79 bits per heavy atom. The van der Waals surface area contributed by atoms with Gasteiger partial charge in [0.15, 0.2) is 0 Å². The van der Waals surface area contributed by atoms with E-state index in [1.807, 2.05) is 19.2 Å². The third kappa shape index (κ3) is 4.59. The standard InChI is InChI=1S/C16H24FNO/c1-18-12-14(13-7-9-15(17)10-8-13)4-2-5-16-6-3-11-19-16/h7-10,14,16,18H,2-6,11-12H2,1H3. The third-order valence-electron chi connectivity index (χ3n) is 3.89. The summed E-state index contributed by atoms with van der Waals surface area (Å²) in [5, 5.41) is 3.23. The number of hydrogen-bond donors (Lipinski definition) is 1. The van der Waals surface area contributed by atoms with Crippen molar-refractivity contribution in [3.8, 4) is 0 Å². The quantitative estimate of drug-likeness (QED) is 0.815. The zero-order valence-electron chi connectivity index (χ0n) is 11.7. The summed E-state index contributed by atoms with van der Waals surface area (Å²) in [6.07, 6.45) is 6.36. The molecule has 0 saturated carbocycles. The first-order chi connectivity index (χ1) is 9.29. The lowest BCUT2D eigenvalue weighted by Gasteiger charge is -2.18. The molecule has 1 aromatic carbocycles. The summed E-state index contributed by atoms with van der Waals surface area (Å²) >= 11 is 0. The fraction of sp³-hybridized carbons (Fsp3) is 0.625. The fourth-order valence-electron chi connectivity index (χ4n) is 2.83. The van der Waals surface area contributed by atoms with Crippen molar-refractivity contribution in [3.05, 3.63) is 35.6 Å². The lowest BCUT2D eigenvalue weighted by molar-refractivity contribution is 0.101. The molecule has 2 rings (SSSR count). The molecule has 0 bridgehead atoms. The van der Waals surface area contributed by atoms with Crippen molar-refractivity contribution in [2.24, 2.45) is 0 Å². The Kier molecular flexibility index (Phi) is 5.80. The van der Waals surface area contributed by atoms with Crippen LogP contribution in [0.3, 0.4) is 0 Å². The lowest BCUT2D eigenvalue weighted by Crippen LogP contribution is -2.18. The van der Waals surface area contributed by atoms with E-state index < -0.39 is 0 Å². The van der Waals surface area contributed by atoms with E-state index in [9.17, 15) is 4.39 Å². The zero-order chi connectivity index (χ0) is 13.5. The molecule has 106 valence electrons. The molecule has 0 radical (unpaired) electrons. The molecule has 1 heterocycles. The normalized spacial score (nSPS) is 20.6. The molecule has 2 atom stereocenters. The van der Waals surface area contributed by atoms with Crippen LogP contribution in [0.5, 0.6) is 0 Å². The molecular weight excluding hydrogens is 241 g/mol. The molecule has 1 aromatic rings. The highest BCUT2D eigenvalue weighted by molar-refractivity contribution is 5.20. The van der Waals surface area contributed by atoms with Crippen LogP contribution in [0.1, 0.15) is 43.6 Å². The van der Waals surface area contributed by atoms with Crippen molar-refractivity contribution in [2.45, 2.75) is 44.1 Å². The molecule has 19 heavy (non-hydrogen) atoms. The van der Waals surface area contributed by atoms with Gasteiger partial charge >= 0.3 is 0 Å². The highest BCUT2D eigenvalue weighted by atomic mass is 19.1. The van der Waals surface area contributed by atoms with E-state index in [-0.39, 0.29) is 5.82 Å². The Balaban J connectivity index is 1.82. The van der Waals surface area contributed by atoms with Crippen molar-refractivity contribution in [1.29, 1.82) is 0 Å². The number of halogens is 1. The van der Waals surface area contributed by atoms with Gasteiger partial charge in [0, 0.05) is 13.2 Å². The maximum atomic E-state index is 13.0. The summed E-state index contributed by atoms with van der Waals surface area (Å²) in [6.45, 7) is 1.87. The van der Waals surface area contributed by atoms with E-state index in [1.165, 1.54) is 24.8 Å². The van der Waals surface area contributed by atoms with Gasteiger partial charge in [-0.25, -0.2) is 4.39 Å². The Labute approximate surface area is 115 Å². The molecule has 0 spiro atoms. The van der Waals surface area contributed by atoms with Crippen molar-refractivity contribution in [3.63, 3.8) is 0 Å². The Morgan fingerprint density at radius 1 is 1.37 bits per heavy atom. The summed E-state index contributed by atoms with van der Waals surface area (Å²) in [7, 11) is 1.97. The molecule has 1 N–H and O–H groups in total. The molecule has 2 unspecified atom stereocenters. The van der Waals surface area contributed by atoms with E-state index >= 15 is 0 Å². The van der Waals surface area contributed by atoms with Crippen molar-refractivity contribution in [1.82, 2.24) is 5.32 Å². The van der Waals surface area contributed by atoms with Crippen LogP contribution < -0.4 is 5.32 Å². The molecule has 1 fully saturated rings. The first kappa shape index (κ1) is 14.5. The Morgan fingerprint density at radius 2 is 2.16 bits per heavy atom. The van der Waals surface area contributed by atoms with Crippen molar-refractivity contribution in [2.75, 3.05) is 20.2 Å². The second-order valence-corrected chi connectivity index (χ2v) is 5.37. The largest absolute Gasteiger partial charge is 0.378 e. The molecule has 0 aromatic heterocycles. The van der Waals surface area contributed by atoms with Crippen LogP contribution in [0, 0.1) is 5.82 Å². The minimum absolute atomic E-state index is 0.161. The SMILES string of the molecule is CNCC(CCCC1CCCO1)c1ccc(F)cc1. The van der Waals surface area contributed by atoms with Crippen LogP contribution in [0.25, 0.3) is 0 Å². The van der Waals surface area contributed by atoms with Gasteiger partial charge < -0.3 is 10.1 Å². The van der Waals surface area contributed by atoms with Crippen LogP contribution in [0.4, 0.5) is 4.39 Å². The summed E-state index contributed by atoms with van der Waals surface area (Å²) in [5.74, 6) is 0.304. The minimum atomic E-state index is -0.161. The maximum Gasteiger partial charge on any atom is 0.123 e. The predicted molar refractivity (Wildman–Crippen MR) is 75.9 cm³/mol. The summed E-state index contributed by atoms with van der Waals surface area (Å²) < 4.78 is 18.6. The van der Waals surface area contributed by atoms with Crippen LogP contribution >= 0.6 is 0 Å². The number of rotatable bonds is 7. The monoisotopic (exact) mass is 265 g/mol. The minimum Gasteiger partial charge on any atom is -0.378 e. The highest BCUT2D eigenvalue weighted by Gasteiger charge is 2.16. The fourth-order valence-corrected chi connectivity index (χ4v) is 2.83.